The lowest BCUT2D eigenvalue weighted by molar-refractivity contribution is -0.225. The zero-order valence-corrected chi connectivity index (χ0v) is 17.6. The molecule has 6 heteroatoms. The lowest BCUT2D eigenvalue weighted by atomic mass is 9.95. The van der Waals surface area contributed by atoms with E-state index >= 15 is 0 Å². The summed E-state index contributed by atoms with van der Waals surface area (Å²) >= 11 is 0. The molecule has 1 aromatic rings. The average molecular weight is 393 g/mol. The second-order valence-electron chi connectivity index (χ2n) is 8.28. The van der Waals surface area contributed by atoms with Gasteiger partial charge in [-0.05, 0) is 24.9 Å². The fraction of sp³-hybridized carbons (Fsp3) is 0.682. The fourth-order valence-corrected chi connectivity index (χ4v) is 3.40. The van der Waals surface area contributed by atoms with Crippen LogP contribution in [-0.2, 0) is 25.5 Å². The van der Waals surface area contributed by atoms with Crippen LogP contribution in [0.15, 0.2) is 30.3 Å². The number of benzene rings is 1. The smallest absolute Gasteiger partial charge is 0.323 e. The van der Waals surface area contributed by atoms with E-state index in [0.717, 1.165) is 19.3 Å². The van der Waals surface area contributed by atoms with Gasteiger partial charge in [0.15, 0.2) is 6.29 Å². The summed E-state index contributed by atoms with van der Waals surface area (Å²) in [6, 6.07) is 9.90. The van der Waals surface area contributed by atoms with E-state index in [0.29, 0.717) is 39.3 Å². The van der Waals surface area contributed by atoms with E-state index in [2.05, 4.69) is 30.9 Å². The first-order valence-corrected chi connectivity index (χ1v) is 10.2. The number of rotatable bonds is 11. The monoisotopic (exact) mass is 392 g/mol. The number of carbonyl (C=O) groups excluding carboxylic acids is 1. The minimum atomic E-state index is -0.295. The van der Waals surface area contributed by atoms with Crippen LogP contribution in [0, 0.1) is 5.41 Å². The Labute approximate surface area is 169 Å². The van der Waals surface area contributed by atoms with Gasteiger partial charge in [0.25, 0.3) is 0 Å². The lowest BCUT2D eigenvalue weighted by Crippen LogP contribution is -2.44. The molecule has 1 aliphatic rings. The molecule has 2 N–H and O–H groups in total. The van der Waals surface area contributed by atoms with Gasteiger partial charge in [0.1, 0.15) is 6.04 Å². The first-order chi connectivity index (χ1) is 13.4. The van der Waals surface area contributed by atoms with Crippen LogP contribution in [0.4, 0.5) is 0 Å². The molecule has 158 valence electrons. The Hall–Kier alpha value is -1.47. The Balaban J connectivity index is 2.04. The molecule has 0 aromatic heterocycles. The SMILES string of the molecule is COC(=O)C(CCCCN)N(CCC1OCC(C)(C)CO1)Cc1ccccc1. The molecule has 1 unspecified atom stereocenters. The van der Waals surface area contributed by atoms with Crippen molar-refractivity contribution in [3.63, 3.8) is 0 Å². The molecule has 0 radical (unpaired) electrons. The number of hydrogen-bond acceptors (Lipinski definition) is 6. The molecule has 1 aliphatic heterocycles. The first kappa shape index (κ1) is 22.8. The standard InChI is InChI=1S/C22H36N2O4/c1-22(2)16-27-20(28-17-22)12-14-24(15-18-9-5-4-6-10-18)19(21(25)26-3)11-7-8-13-23/h4-6,9-10,19-20H,7-8,11-17,23H2,1-3H3. The zero-order chi connectivity index (χ0) is 20.4. The third kappa shape index (κ3) is 7.51. The Morgan fingerprint density at radius 3 is 2.54 bits per heavy atom. The second kappa shape index (κ2) is 11.5. The van der Waals surface area contributed by atoms with E-state index in [9.17, 15) is 4.79 Å². The number of ether oxygens (including phenoxy) is 3. The van der Waals surface area contributed by atoms with Crippen LogP contribution in [0.5, 0.6) is 0 Å². The van der Waals surface area contributed by atoms with Gasteiger partial charge in [0.05, 0.1) is 20.3 Å². The quantitative estimate of drug-likeness (QED) is 0.461. The lowest BCUT2D eigenvalue weighted by Gasteiger charge is -2.36. The summed E-state index contributed by atoms with van der Waals surface area (Å²) in [5.74, 6) is -0.195. The van der Waals surface area contributed by atoms with Gasteiger partial charge in [0, 0.05) is 24.9 Å². The Kier molecular flexibility index (Phi) is 9.38. The maximum absolute atomic E-state index is 12.5. The highest BCUT2D eigenvalue weighted by Crippen LogP contribution is 2.25. The highest BCUT2D eigenvalue weighted by atomic mass is 16.7. The van der Waals surface area contributed by atoms with Crippen molar-refractivity contribution in [3.8, 4) is 0 Å². The molecule has 0 spiro atoms. The number of carbonyl (C=O) groups is 1. The van der Waals surface area contributed by atoms with Crippen molar-refractivity contribution in [2.75, 3.05) is 33.4 Å². The third-order valence-electron chi connectivity index (χ3n) is 5.05. The van der Waals surface area contributed by atoms with Crippen LogP contribution in [0.2, 0.25) is 0 Å². The van der Waals surface area contributed by atoms with Gasteiger partial charge in [-0.3, -0.25) is 9.69 Å². The summed E-state index contributed by atoms with van der Waals surface area (Å²) in [5.41, 5.74) is 6.86. The van der Waals surface area contributed by atoms with Crippen LogP contribution in [0.1, 0.15) is 45.1 Å². The second-order valence-corrected chi connectivity index (χ2v) is 8.28. The van der Waals surface area contributed by atoms with E-state index in [1.54, 1.807) is 0 Å². The van der Waals surface area contributed by atoms with E-state index in [1.807, 2.05) is 18.2 Å². The van der Waals surface area contributed by atoms with Crippen LogP contribution in [0.3, 0.4) is 0 Å². The number of methoxy groups -OCH3 is 1. The highest BCUT2D eigenvalue weighted by Gasteiger charge is 2.31. The van der Waals surface area contributed by atoms with Gasteiger partial charge < -0.3 is 19.9 Å². The van der Waals surface area contributed by atoms with Gasteiger partial charge in [-0.15, -0.1) is 0 Å². The Bertz CT molecular complexity index is 569. The topological polar surface area (TPSA) is 74.0 Å². The summed E-state index contributed by atoms with van der Waals surface area (Å²) in [6.45, 7) is 7.65. The average Bonchev–Trinajstić information content (AvgIpc) is 2.70. The van der Waals surface area contributed by atoms with E-state index in [1.165, 1.54) is 12.7 Å². The van der Waals surface area contributed by atoms with Crippen molar-refractivity contribution in [1.29, 1.82) is 0 Å². The summed E-state index contributed by atoms with van der Waals surface area (Å²) in [6.07, 6.45) is 3.01. The molecule has 0 bridgehead atoms. The van der Waals surface area contributed by atoms with Gasteiger partial charge in [-0.1, -0.05) is 50.6 Å². The number of nitrogens with zero attached hydrogens (tertiary/aromatic N) is 1. The molecule has 0 saturated carbocycles. The van der Waals surface area contributed by atoms with Crippen molar-refractivity contribution in [1.82, 2.24) is 4.90 Å². The number of esters is 1. The summed E-state index contributed by atoms with van der Waals surface area (Å²) < 4.78 is 16.9. The largest absolute Gasteiger partial charge is 0.468 e. The van der Waals surface area contributed by atoms with Gasteiger partial charge in [-0.25, -0.2) is 0 Å². The molecular weight excluding hydrogens is 356 g/mol. The van der Waals surface area contributed by atoms with Crippen LogP contribution < -0.4 is 5.73 Å². The molecule has 1 fully saturated rings. The molecule has 0 aliphatic carbocycles. The van der Waals surface area contributed by atoms with Crippen molar-refractivity contribution in [2.24, 2.45) is 11.1 Å². The molecule has 28 heavy (non-hydrogen) atoms. The van der Waals surface area contributed by atoms with Crippen molar-refractivity contribution in [2.45, 2.75) is 58.4 Å². The summed E-state index contributed by atoms with van der Waals surface area (Å²) in [5, 5.41) is 0. The molecule has 1 atom stereocenters. The maximum Gasteiger partial charge on any atom is 0.323 e. The summed E-state index contributed by atoms with van der Waals surface area (Å²) in [4.78, 5) is 14.7. The first-order valence-electron chi connectivity index (χ1n) is 10.2. The number of nitrogens with two attached hydrogens (primary N) is 1. The highest BCUT2D eigenvalue weighted by molar-refractivity contribution is 5.75. The predicted octanol–water partition coefficient (Wildman–Crippen LogP) is 2.95. The molecule has 0 amide bonds. The maximum atomic E-state index is 12.5. The van der Waals surface area contributed by atoms with E-state index in [-0.39, 0.29) is 23.7 Å². The number of unbranched alkanes of at least 4 members (excludes halogenated alkanes) is 1. The minimum Gasteiger partial charge on any atom is -0.468 e. The van der Waals surface area contributed by atoms with Gasteiger partial charge in [0.2, 0.25) is 0 Å². The van der Waals surface area contributed by atoms with E-state index < -0.39 is 0 Å². The van der Waals surface area contributed by atoms with Gasteiger partial charge >= 0.3 is 5.97 Å². The fourth-order valence-electron chi connectivity index (χ4n) is 3.40. The van der Waals surface area contributed by atoms with Crippen molar-refractivity contribution >= 4 is 5.97 Å². The van der Waals surface area contributed by atoms with Gasteiger partial charge in [-0.2, -0.15) is 0 Å². The Morgan fingerprint density at radius 1 is 1.25 bits per heavy atom. The van der Waals surface area contributed by atoms with Crippen LogP contribution in [0.25, 0.3) is 0 Å². The van der Waals surface area contributed by atoms with Crippen LogP contribution >= 0.6 is 0 Å². The number of hydrogen-bond donors (Lipinski definition) is 1. The van der Waals surface area contributed by atoms with E-state index in [4.69, 9.17) is 19.9 Å². The minimum absolute atomic E-state index is 0.0526. The predicted molar refractivity (Wildman–Crippen MR) is 110 cm³/mol. The normalized spacial score (nSPS) is 18.2. The zero-order valence-electron chi connectivity index (χ0n) is 17.6. The molecule has 1 heterocycles. The van der Waals surface area contributed by atoms with Crippen LogP contribution in [-0.4, -0.2) is 56.6 Å². The third-order valence-corrected chi connectivity index (χ3v) is 5.05. The molecule has 1 saturated heterocycles. The molecular formula is C22H36N2O4. The van der Waals surface area contributed by atoms with Crippen molar-refractivity contribution in [3.05, 3.63) is 35.9 Å². The summed E-state index contributed by atoms with van der Waals surface area (Å²) in [7, 11) is 1.45. The molecule has 6 nitrogen and oxygen atoms in total. The molecule has 1 aromatic carbocycles. The van der Waals surface area contributed by atoms with Crippen molar-refractivity contribution < 1.29 is 19.0 Å². The Morgan fingerprint density at radius 2 is 1.93 bits per heavy atom. The molecule has 2 rings (SSSR count).